The van der Waals surface area contributed by atoms with Gasteiger partial charge in [-0.25, -0.2) is 0 Å². The van der Waals surface area contributed by atoms with Crippen LogP contribution in [0.15, 0.2) is 54.6 Å². The van der Waals surface area contributed by atoms with Crippen LogP contribution in [-0.4, -0.2) is 24.9 Å². The number of nitrogens with one attached hydrogen (secondary N) is 2. The van der Waals surface area contributed by atoms with Gasteiger partial charge in [0.2, 0.25) is 11.8 Å². The Hall–Kier alpha value is -2.62. The average Bonchev–Trinajstić information content (AvgIpc) is 2.65. The molecule has 2 N–H and O–H groups in total. The van der Waals surface area contributed by atoms with E-state index in [4.69, 9.17) is 0 Å². The molecular weight excluding hydrogens is 336 g/mol. The van der Waals surface area contributed by atoms with Gasteiger partial charge in [0.1, 0.15) is 0 Å². The maximum atomic E-state index is 12.0. The number of aryl methyl sites for hydroxylation is 1. The molecule has 0 bridgehead atoms. The lowest BCUT2D eigenvalue weighted by Crippen LogP contribution is -2.37. The van der Waals surface area contributed by atoms with E-state index in [1.54, 1.807) is 0 Å². The molecule has 0 saturated heterocycles. The minimum atomic E-state index is -0.159. The van der Waals surface area contributed by atoms with E-state index in [1.165, 1.54) is 11.1 Å². The highest BCUT2D eigenvalue weighted by Crippen LogP contribution is 2.22. The Morgan fingerprint density at radius 2 is 1.41 bits per heavy atom. The SMILES string of the molecule is CC(C)(C)c1ccc(CCC(=O)NCC(=O)NCCc2ccccc2)cc1. The molecule has 27 heavy (non-hydrogen) atoms. The Balaban J connectivity index is 1.63. The molecule has 2 rings (SSSR count). The quantitative estimate of drug-likeness (QED) is 0.752. The van der Waals surface area contributed by atoms with E-state index < -0.39 is 0 Å². The number of hydrogen-bond acceptors (Lipinski definition) is 2. The zero-order valence-corrected chi connectivity index (χ0v) is 16.5. The Labute approximate surface area is 162 Å². The second kappa shape index (κ2) is 9.91. The molecule has 2 aromatic carbocycles. The maximum absolute atomic E-state index is 12.0. The molecule has 0 aliphatic rings. The van der Waals surface area contributed by atoms with Crippen molar-refractivity contribution in [2.75, 3.05) is 13.1 Å². The fourth-order valence-electron chi connectivity index (χ4n) is 2.75. The average molecular weight is 367 g/mol. The normalized spacial score (nSPS) is 11.1. The molecule has 2 amide bonds. The summed E-state index contributed by atoms with van der Waals surface area (Å²) in [5.41, 5.74) is 3.72. The van der Waals surface area contributed by atoms with E-state index in [2.05, 4.69) is 55.7 Å². The summed E-state index contributed by atoms with van der Waals surface area (Å²) in [7, 11) is 0. The van der Waals surface area contributed by atoms with Crippen LogP contribution < -0.4 is 10.6 Å². The predicted molar refractivity (Wildman–Crippen MR) is 110 cm³/mol. The van der Waals surface area contributed by atoms with Gasteiger partial charge in [-0.2, -0.15) is 0 Å². The number of amides is 2. The number of rotatable bonds is 8. The highest BCUT2D eigenvalue weighted by molar-refractivity contribution is 5.84. The fourth-order valence-corrected chi connectivity index (χ4v) is 2.75. The van der Waals surface area contributed by atoms with Crippen molar-refractivity contribution < 1.29 is 9.59 Å². The third-order valence-electron chi connectivity index (χ3n) is 4.49. The van der Waals surface area contributed by atoms with Crippen LogP contribution in [0.3, 0.4) is 0 Å². The van der Waals surface area contributed by atoms with Gasteiger partial charge in [-0.3, -0.25) is 9.59 Å². The minimum Gasteiger partial charge on any atom is -0.354 e. The topological polar surface area (TPSA) is 58.2 Å². The van der Waals surface area contributed by atoms with Crippen LogP contribution in [0.2, 0.25) is 0 Å². The smallest absolute Gasteiger partial charge is 0.239 e. The van der Waals surface area contributed by atoms with Crippen LogP contribution in [0.5, 0.6) is 0 Å². The first-order chi connectivity index (χ1) is 12.8. The highest BCUT2D eigenvalue weighted by Gasteiger charge is 2.13. The molecule has 0 aliphatic heterocycles. The zero-order valence-electron chi connectivity index (χ0n) is 16.5. The van der Waals surface area contributed by atoms with Gasteiger partial charge in [0.25, 0.3) is 0 Å². The molecule has 2 aromatic rings. The summed E-state index contributed by atoms with van der Waals surface area (Å²) in [5, 5.41) is 5.51. The molecule has 0 aromatic heterocycles. The van der Waals surface area contributed by atoms with E-state index >= 15 is 0 Å². The van der Waals surface area contributed by atoms with E-state index in [1.807, 2.05) is 30.3 Å². The first kappa shape index (κ1) is 20.7. The maximum Gasteiger partial charge on any atom is 0.239 e. The molecule has 0 spiro atoms. The number of carbonyl (C=O) groups excluding carboxylic acids is 2. The number of hydrogen-bond donors (Lipinski definition) is 2. The molecule has 144 valence electrons. The molecule has 4 heteroatoms. The van der Waals surface area contributed by atoms with Gasteiger partial charge in [0, 0.05) is 13.0 Å². The Kier molecular flexibility index (Phi) is 7.59. The molecule has 0 fully saturated rings. The van der Waals surface area contributed by atoms with Gasteiger partial charge in [-0.1, -0.05) is 75.4 Å². The lowest BCUT2D eigenvalue weighted by atomic mass is 9.86. The Morgan fingerprint density at radius 1 is 0.778 bits per heavy atom. The van der Waals surface area contributed by atoms with Gasteiger partial charge in [-0.05, 0) is 34.9 Å². The van der Waals surface area contributed by atoms with Gasteiger partial charge in [0.05, 0.1) is 6.54 Å². The number of carbonyl (C=O) groups is 2. The van der Waals surface area contributed by atoms with E-state index in [0.717, 1.165) is 12.0 Å². The van der Waals surface area contributed by atoms with E-state index in [0.29, 0.717) is 19.4 Å². The third kappa shape index (κ3) is 7.65. The van der Waals surface area contributed by atoms with Gasteiger partial charge < -0.3 is 10.6 Å². The van der Waals surface area contributed by atoms with Crippen LogP contribution >= 0.6 is 0 Å². The van der Waals surface area contributed by atoms with Crippen molar-refractivity contribution in [3.8, 4) is 0 Å². The minimum absolute atomic E-state index is 0.0244. The summed E-state index contributed by atoms with van der Waals surface area (Å²) >= 11 is 0. The van der Waals surface area contributed by atoms with Crippen molar-refractivity contribution in [1.82, 2.24) is 10.6 Å². The lowest BCUT2D eigenvalue weighted by Gasteiger charge is -2.19. The Bertz CT molecular complexity index is 731. The predicted octanol–water partition coefficient (Wildman–Crippen LogP) is 3.39. The largest absolute Gasteiger partial charge is 0.354 e. The molecule has 0 aliphatic carbocycles. The summed E-state index contributed by atoms with van der Waals surface area (Å²) < 4.78 is 0. The standard InChI is InChI=1S/C23H30N2O2/c1-23(2,3)20-12-9-19(10-13-20)11-14-21(26)25-17-22(27)24-16-15-18-7-5-4-6-8-18/h4-10,12-13H,11,14-17H2,1-3H3,(H,24,27)(H,25,26). The van der Waals surface area contributed by atoms with Crippen molar-refractivity contribution >= 4 is 11.8 Å². The second-order valence-corrected chi connectivity index (χ2v) is 7.81. The van der Waals surface area contributed by atoms with E-state index in [9.17, 15) is 9.59 Å². The molecular formula is C23H30N2O2. The zero-order chi connectivity index (χ0) is 19.7. The van der Waals surface area contributed by atoms with Crippen LogP contribution in [0, 0.1) is 0 Å². The third-order valence-corrected chi connectivity index (χ3v) is 4.49. The van der Waals surface area contributed by atoms with Crippen molar-refractivity contribution in [3.05, 3.63) is 71.3 Å². The van der Waals surface area contributed by atoms with Crippen LogP contribution in [0.25, 0.3) is 0 Å². The fraction of sp³-hybridized carbons (Fsp3) is 0.391. The highest BCUT2D eigenvalue weighted by atomic mass is 16.2. The van der Waals surface area contributed by atoms with Crippen molar-refractivity contribution in [1.29, 1.82) is 0 Å². The first-order valence-corrected chi connectivity index (χ1v) is 9.51. The van der Waals surface area contributed by atoms with Crippen molar-refractivity contribution in [2.24, 2.45) is 0 Å². The summed E-state index contributed by atoms with van der Waals surface area (Å²) in [5.74, 6) is -0.262. The molecule has 0 saturated carbocycles. The van der Waals surface area contributed by atoms with E-state index in [-0.39, 0.29) is 23.8 Å². The summed E-state index contributed by atoms with van der Waals surface area (Å²) in [4.78, 5) is 23.8. The van der Waals surface area contributed by atoms with Crippen LogP contribution in [-0.2, 0) is 27.8 Å². The van der Waals surface area contributed by atoms with Gasteiger partial charge in [-0.15, -0.1) is 0 Å². The summed E-state index contributed by atoms with van der Waals surface area (Å²) in [6.07, 6.45) is 1.84. The molecule has 0 radical (unpaired) electrons. The van der Waals surface area contributed by atoms with Crippen molar-refractivity contribution in [3.63, 3.8) is 0 Å². The second-order valence-electron chi connectivity index (χ2n) is 7.81. The summed E-state index contributed by atoms with van der Waals surface area (Å²) in [6, 6.07) is 18.4. The molecule has 0 unspecified atom stereocenters. The van der Waals surface area contributed by atoms with Crippen LogP contribution in [0.1, 0.15) is 43.9 Å². The van der Waals surface area contributed by atoms with Crippen molar-refractivity contribution in [2.45, 2.75) is 45.4 Å². The molecule has 4 nitrogen and oxygen atoms in total. The van der Waals surface area contributed by atoms with Crippen LogP contribution in [0.4, 0.5) is 0 Å². The van der Waals surface area contributed by atoms with Gasteiger partial charge >= 0.3 is 0 Å². The monoisotopic (exact) mass is 366 g/mol. The molecule has 0 atom stereocenters. The summed E-state index contributed by atoms with van der Waals surface area (Å²) in [6.45, 7) is 7.14. The molecule has 0 heterocycles. The van der Waals surface area contributed by atoms with Gasteiger partial charge in [0.15, 0.2) is 0 Å². The Morgan fingerprint density at radius 3 is 2.04 bits per heavy atom. The lowest BCUT2D eigenvalue weighted by molar-refractivity contribution is -0.126. The number of benzene rings is 2. The first-order valence-electron chi connectivity index (χ1n) is 9.51.